The Balaban J connectivity index is 3.34. The van der Waals surface area contributed by atoms with Crippen LogP contribution in [-0.4, -0.2) is 30.5 Å². The standard InChI is InChI=1S/C8H16N4O2S/c1-5(2)10-8-6(15(4,13)14)7(9)12(3)11-8/h5H,9H2,1-4H3,(H,10,11). The molecule has 7 heteroatoms. The molecule has 0 radical (unpaired) electrons. The van der Waals surface area contributed by atoms with E-state index in [1.165, 1.54) is 4.68 Å². The van der Waals surface area contributed by atoms with E-state index < -0.39 is 9.84 Å². The lowest BCUT2D eigenvalue weighted by molar-refractivity contribution is 0.602. The quantitative estimate of drug-likeness (QED) is 0.778. The molecule has 1 aromatic rings. The van der Waals surface area contributed by atoms with Crippen molar-refractivity contribution in [1.29, 1.82) is 0 Å². The Morgan fingerprint density at radius 2 is 2.00 bits per heavy atom. The second kappa shape index (κ2) is 3.73. The van der Waals surface area contributed by atoms with E-state index in [1.807, 2.05) is 13.8 Å². The Bertz CT molecular complexity index is 461. The van der Waals surface area contributed by atoms with Crippen LogP contribution in [-0.2, 0) is 16.9 Å². The minimum Gasteiger partial charge on any atom is -0.383 e. The molecule has 15 heavy (non-hydrogen) atoms. The maximum atomic E-state index is 11.5. The summed E-state index contributed by atoms with van der Waals surface area (Å²) in [6, 6.07) is 0.0970. The molecule has 0 amide bonds. The third-order valence-corrected chi connectivity index (χ3v) is 2.99. The van der Waals surface area contributed by atoms with E-state index in [1.54, 1.807) is 7.05 Å². The average molecular weight is 232 g/mol. The van der Waals surface area contributed by atoms with Crippen LogP contribution in [0.1, 0.15) is 13.8 Å². The van der Waals surface area contributed by atoms with Crippen molar-refractivity contribution in [2.75, 3.05) is 17.3 Å². The molecule has 0 fully saturated rings. The summed E-state index contributed by atoms with van der Waals surface area (Å²) in [6.45, 7) is 3.80. The van der Waals surface area contributed by atoms with Gasteiger partial charge in [0.1, 0.15) is 5.82 Å². The Morgan fingerprint density at radius 3 is 2.40 bits per heavy atom. The van der Waals surface area contributed by atoms with Gasteiger partial charge in [0.25, 0.3) is 0 Å². The van der Waals surface area contributed by atoms with Crippen LogP contribution < -0.4 is 11.1 Å². The molecule has 86 valence electrons. The fraction of sp³-hybridized carbons (Fsp3) is 0.625. The highest BCUT2D eigenvalue weighted by molar-refractivity contribution is 7.91. The molecule has 0 bridgehead atoms. The van der Waals surface area contributed by atoms with Crippen molar-refractivity contribution in [1.82, 2.24) is 9.78 Å². The molecule has 0 saturated carbocycles. The average Bonchev–Trinajstić information content (AvgIpc) is 2.24. The van der Waals surface area contributed by atoms with Crippen molar-refractivity contribution in [2.24, 2.45) is 7.05 Å². The van der Waals surface area contributed by atoms with Gasteiger partial charge in [-0.25, -0.2) is 13.1 Å². The first-order chi connectivity index (χ1) is 6.73. The van der Waals surface area contributed by atoms with Crippen LogP contribution in [0.3, 0.4) is 0 Å². The number of aromatic nitrogens is 2. The second-order valence-electron chi connectivity index (χ2n) is 3.76. The number of nitrogen functional groups attached to an aromatic ring is 1. The number of aryl methyl sites for hydroxylation is 1. The van der Waals surface area contributed by atoms with E-state index in [0.717, 1.165) is 6.26 Å². The predicted molar refractivity (Wildman–Crippen MR) is 59.5 cm³/mol. The lowest BCUT2D eigenvalue weighted by Gasteiger charge is -2.07. The Kier molecular flexibility index (Phi) is 2.94. The summed E-state index contributed by atoms with van der Waals surface area (Å²) in [5.74, 6) is 0.466. The van der Waals surface area contributed by atoms with Gasteiger partial charge >= 0.3 is 0 Å². The third kappa shape index (κ3) is 2.41. The number of sulfone groups is 1. The molecule has 0 aromatic carbocycles. The molecule has 0 aliphatic carbocycles. The first-order valence-electron chi connectivity index (χ1n) is 4.52. The number of hydrogen-bond donors (Lipinski definition) is 2. The summed E-state index contributed by atoms with van der Waals surface area (Å²) in [4.78, 5) is 0.0682. The number of nitrogens with two attached hydrogens (primary N) is 1. The smallest absolute Gasteiger partial charge is 0.182 e. The van der Waals surface area contributed by atoms with Crippen LogP contribution in [0.2, 0.25) is 0 Å². The van der Waals surface area contributed by atoms with Gasteiger partial charge in [-0.2, -0.15) is 5.10 Å². The fourth-order valence-corrected chi connectivity index (χ4v) is 2.21. The molecule has 0 aliphatic rings. The first kappa shape index (κ1) is 11.8. The predicted octanol–water partition coefficient (Wildman–Crippen LogP) is 0.226. The van der Waals surface area contributed by atoms with E-state index in [2.05, 4.69) is 10.4 Å². The van der Waals surface area contributed by atoms with Crippen LogP contribution in [0, 0.1) is 0 Å². The molecule has 0 unspecified atom stereocenters. The summed E-state index contributed by atoms with van der Waals surface area (Å²) in [5, 5.41) is 6.97. The van der Waals surface area contributed by atoms with E-state index in [-0.39, 0.29) is 16.8 Å². The van der Waals surface area contributed by atoms with Crippen molar-refractivity contribution >= 4 is 21.5 Å². The van der Waals surface area contributed by atoms with Crippen molar-refractivity contribution in [2.45, 2.75) is 24.8 Å². The molecule has 3 N–H and O–H groups in total. The number of rotatable bonds is 3. The van der Waals surface area contributed by atoms with Crippen LogP contribution >= 0.6 is 0 Å². The molecule has 1 aromatic heterocycles. The van der Waals surface area contributed by atoms with Crippen molar-refractivity contribution in [3.63, 3.8) is 0 Å². The van der Waals surface area contributed by atoms with Crippen molar-refractivity contribution in [3.8, 4) is 0 Å². The summed E-state index contributed by atoms with van der Waals surface area (Å²) >= 11 is 0. The minimum absolute atomic E-state index is 0.0682. The largest absolute Gasteiger partial charge is 0.383 e. The van der Waals surface area contributed by atoms with Crippen molar-refractivity contribution in [3.05, 3.63) is 0 Å². The van der Waals surface area contributed by atoms with Gasteiger partial charge in [0, 0.05) is 19.3 Å². The Morgan fingerprint density at radius 1 is 1.47 bits per heavy atom. The second-order valence-corrected chi connectivity index (χ2v) is 5.71. The monoisotopic (exact) mass is 232 g/mol. The topological polar surface area (TPSA) is 90.0 Å². The van der Waals surface area contributed by atoms with Crippen LogP contribution in [0.15, 0.2) is 4.90 Å². The Labute approximate surface area is 89.4 Å². The molecule has 0 saturated heterocycles. The first-order valence-corrected chi connectivity index (χ1v) is 6.41. The SMILES string of the molecule is CC(C)Nc1nn(C)c(N)c1S(C)(=O)=O. The summed E-state index contributed by atoms with van der Waals surface area (Å²) in [6.07, 6.45) is 1.12. The lowest BCUT2D eigenvalue weighted by Crippen LogP contribution is -2.13. The van der Waals surface area contributed by atoms with Gasteiger partial charge in [-0.3, -0.25) is 0 Å². The summed E-state index contributed by atoms with van der Waals surface area (Å²) in [7, 11) is -1.75. The highest BCUT2D eigenvalue weighted by Gasteiger charge is 2.23. The molecule has 0 aliphatic heterocycles. The molecular formula is C8H16N4O2S. The van der Waals surface area contributed by atoms with Gasteiger partial charge in [-0.05, 0) is 13.8 Å². The van der Waals surface area contributed by atoms with Crippen LogP contribution in [0.4, 0.5) is 11.6 Å². The fourth-order valence-electron chi connectivity index (χ4n) is 1.25. The zero-order valence-corrected chi connectivity index (χ0v) is 10.1. The Hall–Kier alpha value is -1.24. The summed E-state index contributed by atoms with van der Waals surface area (Å²) in [5.41, 5.74) is 5.65. The number of anilines is 2. The van der Waals surface area contributed by atoms with Gasteiger partial charge in [-0.15, -0.1) is 0 Å². The van der Waals surface area contributed by atoms with Crippen LogP contribution in [0.25, 0.3) is 0 Å². The maximum Gasteiger partial charge on any atom is 0.182 e. The normalized spacial score (nSPS) is 12.1. The third-order valence-electron chi connectivity index (χ3n) is 1.84. The van der Waals surface area contributed by atoms with Gasteiger partial charge in [0.05, 0.1) is 0 Å². The summed E-state index contributed by atoms with van der Waals surface area (Å²) < 4.78 is 24.3. The number of nitrogens with one attached hydrogen (secondary N) is 1. The zero-order chi connectivity index (χ0) is 11.8. The van der Waals surface area contributed by atoms with Crippen molar-refractivity contribution < 1.29 is 8.42 Å². The van der Waals surface area contributed by atoms with Crippen LogP contribution in [0.5, 0.6) is 0 Å². The van der Waals surface area contributed by atoms with E-state index in [0.29, 0.717) is 5.82 Å². The molecule has 1 heterocycles. The van der Waals surface area contributed by atoms with Gasteiger partial charge < -0.3 is 11.1 Å². The molecule has 1 rings (SSSR count). The molecule has 6 nitrogen and oxygen atoms in total. The minimum atomic E-state index is -3.36. The molecule has 0 spiro atoms. The van der Waals surface area contributed by atoms with E-state index >= 15 is 0 Å². The van der Waals surface area contributed by atoms with E-state index in [4.69, 9.17) is 5.73 Å². The van der Waals surface area contributed by atoms with Gasteiger partial charge in [0.2, 0.25) is 0 Å². The zero-order valence-electron chi connectivity index (χ0n) is 9.27. The number of nitrogens with zero attached hydrogens (tertiary/aromatic N) is 2. The molecule has 0 atom stereocenters. The van der Waals surface area contributed by atoms with E-state index in [9.17, 15) is 8.42 Å². The van der Waals surface area contributed by atoms with Gasteiger partial charge in [0.15, 0.2) is 20.6 Å². The lowest BCUT2D eigenvalue weighted by atomic mass is 10.4. The highest BCUT2D eigenvalue weighted by atomic mass is 32.2. The highest BCUT2D eigenvalue weighted by Crippen LogP contribution is 2.26. The van der Waals surface area contributed by atoms with Gasteiger partial charge in [-0.1, -0.05) is 0 Å². The maximum absolute atomic E-state index is 11.5. The molecular weight excluding hydrogens is 216 g/mol. The number of hydrogen-bond acceptors (Lipinski definition) is 5.